The molecule has 3 aromatic rings. The van der Waals surface area contributed by atoms with Gasteiger partial charge in [-0.25, -0.2) is 0 Å². The molecule has 0 unspecified atom stereocenters. The van der Waals surface area contributed by atoms with Crippen molar-refractivity contribution < 1.29 is 4.79 Å². The Balaban J connectivity index is 2.18. The third-order valence-electron chi connectivity index (χ3n) is 3.27. The van der Waals surface area contributed by atoms with Gasteiger partial charge in [0.1, 0.15) is 0 Å². The SMILES string of the molecule is Cc1ccc(C(=O)c2c[nH]c3cccc(Br)c23)c(Cl)c1. The third-order valence-corrected chi connectivity index (χ3v) is 4.24. The molecule has 4 heteroatoms. The number of aryl methyl sites for hydroxylation is 1. The van der Waals surface area contributed by atoms with Crippen molar-refractivity contribution in [1.82, 2.24) is 4.98 Å². The summed E-state index contributed by atoms with van der Waals surface area (Å²) in [4.78, 5) is 15.8. The van der Waals surface area contributed by atoms with Crippen LogP contribution in [0.15, 0.2) is 47.1 Å². The minimum Gasteiger partial charge on any atom is -0.360 e. The van der Waals surface area contributed by atoms with E-state index in [4.69, 9.17) is 11.6 Å². The van der Waals surface area contributed by atoms with Crippen molar-refractivity contribution in [3.05, 3.63) is 68.8 Å². The van der Waals surface area contributed by atoms with Crippen molar-refractivity contribution in [3.8, 4) is 0 Å². The molecule has 0 aliphatic rings. The molecule has 0 spiro atoms. The van der Waals surface area contributed by atoms with Crippen LogP contribution in [0.2, 0.25) is 5.02 Å². The second-order valence-electron chi connectivity index (χ2n) is 4.68. The Hall–Kier alpha value is -1.58. The van der Waals surface area contributed by atoms with E-state index in [1.54, 1.807) is 18.3 Å². The van der Waals surface area contributed by atoms with Gasteiger partial charge < -0.3 is 4.98 Å². The van der Waals surface area contributed by atoms with E-state index < -0.39 is 0 Å². The maximum absolute atomic E-state index is 12.7. The van der Waals surface area contributed by atoms with Gasteiger partial charge in [-0.1, -0.05) is 39.7 Å². The Labute approximate surface area is 129 Å². The fourth-order valence-corrected chi connectivity index (χ4v) is 3.17. The number of benzene rings is 2. The van der Waals surface area contributed by atoms with E-state index in [-0.39, 0.29) is 5.78 Å². The lowest BCUT2D eigenvalue weighted by Crippen LogP contribution is -2.01. The molecule has 3 rings (SSSR count). The number of rotatable bonds is 2. The lowest BCUT2D eigenvalue weighted by molar-refractivity contribution is 0.104. The summed E-state index contributed by atoms with van der Waals surface area (Å²) >= 11 is 9.68. The quantitative estimate of drug-likeness (QED) is 0.640. The number of ketones is 1. The standard InChI is InChI=1S/C16H11BrClNO/c1-9-5-6-10(13(18)7-9)16(20)11-8-19-14-4-2-3-12(17)15(11)14/h2-8,19H,1H3. The van der Waals surface area contributed by atoms with Crippen LogP contribution in [0.5, 0.6) is 0 Å². The van der Waals surface area contributed by atoms with Crippen LogP contribution in [0.3, 0.4) is 0 Å². The smallest absolute Gasteiger partial charge is 0.196 e. The van der Waals surface area contributed by atoms with E-state index in [2.05, 4.69) is 20.9 Å². The van der Waals surface area contributed by atoms with Crippen molar-refractivity contribution in [2.24, 2.45) is 0 Å². The average molecular weight is 349 g/mol. The van der Waals surface area contributed by atoms with Crippen LogP contribution in [-0.2, 0) is 0 Å². The van der Waals surface area contributed by atoms with Crippen molar-refractivity contribution in [2.75, 3.05) is 0 Å². The highest BCUT2D eigenvalue weighted by Crippen LogP contribution is 2.30. The van der Waals surface area contributed by atoms with Crippen LogP contribution in [0.1, 0.15) is 21.5 Å². The molecule has 0 radical (unpaired) electrons. The maximum atomic E-state index is 12.7. The summed E-state index contributed by atoms with van der Waals surface area (Å²) in [5, 5.41) is 1.37. The first-order valence-electron chi connectivity index (χ1n) is 6.14. The van der Waals surface area contributed by atoms with E-state index >= 15 is 0 Å². The van der Waals surface area contributed by atoms with Crippen LogP contribution in [0.4, 0.5) is 0 Å². The number of hydrogen-bond acceptors (Lipinski definition) is 1. The molecule has 2 aromatic carbocycles. The number of carbonyl (C=O) groups excluding carboxylic acids is 1. The lowest BCUT2D eigenvalue weighted by Gasteiger charge is -2.04. The van der Waals surface area contributed by atoms with Gasteiger partial charge in [-0.2, -0.15) is 0 Å². The molecule has 0 atom stereocenters. The van der Waals surface area contributed by atoms with Gasteiger partial charge in [-0.15, -0.1) is 0 Å². The first-order chi connectivity index (χ1) is 9.58. The molecular formula is C16H11BrClNO. The summed E-state index contributed by atoms with van der Waals surface area (Å²) in [5.41, 5.74) is 3.10. The molecule has 0 saturated heterocycles. The van der Waals surface area contributed by atoms with E-state index in [9.17, 15) is 4.79 Å². The van der Waals surface area contributed by atoms with E-state index in [1.165, 1.54) is 0 Å². The Morgan fingerprint density at radius 2 is 2.00 bits per heavy atom. The second-order valence-corrected chi connectivity index (χ2v) is 5.94. The average Bonchev–Trinajstić information content (AvgIpc) is 2.83. The molecular weight excluding hydrogens is 338 g/mol. The Bertz CT molecular complexity index is 822. The second kappa shape index (κ2) is 5.08. The zero-order valence-corrected chi connectivity index (χ0v) is 13.0. The van der Waals surface area contributed by atoms with Crippen molar-refractivity contribution in [1.29, 1.82) is 0 Å². The van der Waals surface area contributed by atoms with Crippen LogP contribution in [-0.4, -0.2) is 10.8 Å². The van der Waals surface area contributed by atoms with E-state index in [1.807, 2.05) is 31.2 Å². The van der Waals surface area contributed by atoms with Gasteiger partial charge in [0, 0.05) is 32.7 Å². The van der Waals surface area contributed by atoms with Crippen molar-refractivity contribution in [3.63, 3.8) is 0 Å². The van der Waals surface area contributed by atoms with Gasteiger partial charge in [0.2, 0.25) is 0 Å². The molecule has 0 saturated carbocycles. The molecule has 0 aliphatic carbocycles. The minimum absolute atomic E-state index is 0.0758. The summed E-state index contributed by atoms with van der Waals surface area (Å²) in [6.07, 6.45) is 1.73. The number of hydrogen-bond donors (Lipinski definition) is 1. The number of H-pyrrole nitrogens is 1. The monoisotopic (exact) mass is 347 g/mol. The van der Waals surface area contributed by atoms with Crippen molar-refractivity contribution >= 4 is 44.2 Å². The van der Waals surface area contributed by atoms with Gasteiger partial charge in [-0.05, 0) is 36.8 Å². The van der Waals surface area contributed by atoms with E-state index in [0.29, 0.717) is 16.1 Å². The number of carbonyl (C=O) groups is 1. The molecule has 0 amide bonds. The first kappa shape index (κ1) is 13.4. The number of aromatic nitrogens is 1. The molecule has 20 heavy (non-hydrogen) atoms. The van der Waals surface area contributed by atoms with Crippen LogP contribution >= 0.6 is 27.5 Å². The molecule has 0 bridgehead atoms. The first-order valence-corrected chi connectivity index (χ1v) is 7.31. The molecule has 1 aromatic heterocycles. The van der Waals surface area contributed by atoms with Gasteiger partial charge in [0.05, 0.1) is 5.02 Å². The van der Waals surface area contributed by atoms with Gasteiger partial charge in [0.25, 0.3) is 0 Å². The number of halogens is 2. The van der Waals surface area contributed by atoms with Gasteiger partial charge in [0.15, 0.2) is 5.78 Å². The molecule has 1 heterocycles. The zero-order chi connectivity index (χ0) is 14.3. The number of nitrogens with one attached hydrogen (secondary N) is 1. The highest BCUT2D eigenvalue weighted by molar-refractivity contribution is 9.10. The van der Waals surface area contributed by atoms with Gasteiger partial charge >= 0.3 is 0 Å². The Morgan fingerprint density at radius 1 is 1.20 bits per heavy atom. The fourth-order valence-electron chi connectivity index (χ4n) is 2.27. The molecule has 1 N–H and O–H groups in total. The minimum atomic E-state index is -0.0758. The summed E-state index contributed by atoms with van der Waals surface area (Å²) in [5.74, 6) is -0.0758. The maximum Gasteiger partial charge on any atom is 0.196 e. The van der Waals surface area contributed by atoms with Crippen molar-refractivity contribution in [2.45, 2.75) is 6.92 Å². The normalized spacial score (nSPS) is 10.9. The molecule has 0 fully saturated rings. The highest BCUT2D eigenvalue weighted by Gasteiger charge is 2.18. The molecule has 2 nitrogen and oxygen atoms in total. The van der Waals surface area contributed by atoms with Crippen LogP contribution in [0, 0.1) is 6.92 Å². The Morgan fingerprint density at radius 3 is 2.75 bits per heavy atom. The third kappa shape index (κ3) is 2.17. The fraction of sp³-hybridized carbons (Fsp3) is 0.0625. The predicted molar refractivity (Wildman–Crippen MR) is 85.6 cm³/mol. The predicted octanol–water partition coefficient (Wildman–Crippen LogP) is 5.12. The number of fused-ring (bicyclic) bond motifs is 1. The van der Waals surface area contributed by atoms with Crippen LogP contribution in [0.25, 0.3) is 10.9 Å². The summed E-state index contributed by atoms with van der Waals surface area (Å²) < 4.78 is 0.892. The molecule has 100 valence electrons. The van der Waals surface area contributed by atoms with Gasteiger partial charge in [-0.3, -0.25) is 4.79 Å². The largest absolute Gasteiger partial charge is 0.360 e. The lowest BCUT2D eigenvalue weighted by atomic mass is 10.0. The topological polar surface area (TPSA) is 32.9 Å². The highest BCUT2D eigenvalue weighted by atomic mass is 79.9. The Kier molecular flexibility index (Phi) is 3.40. The zero-order valence-electron chi connectivity index (χ0n) is 10.7. The molecule has 0 aliphatic heterocycles. The summed E-state index contributed by atoms with van der Waals surface area (Å²) in [7, 11) is 0. The van der Waals surface area contributed by atoms with E-state index in [0.717, 1.165) is 20.9 Å². The summed E-state index contributed by atoms with van der Waals surface area (Å²) in [6.45, 7) is 1.95. The van der Waals surface area contributed by atoms with Crippen LogP contribution < -0.4 is 0 Å². The number of aromatic amines is 1. The summed E-state index contributed by atoms with van der Waals surface area (Å²) in [6, 6.07) is 11.3.